The van der Waals surface area contributed by atoms with Crippen molar-refractivity contribution in [3.8, 4) is 11.4 Å². The Labute approximate surface area is 110 Å². The molecule has 0 saturated carbocycles. The second-order valence-electron chi connectivity index (χ2n) is 4.29. The minimum absolute atomic E-state index is 0.234. The van der Waals surface area contributed by atoms with E-state index in [0.717, 1.165) is 22.2 Å². The van der Waals surface area contributed by atoms with Gasteiger partial charge in [-0.3, -0.25) is 0 Å². The van der Waals surface area contributed by atoms with Crippen LogP contribution >= 0.6 is 0 Å². The van der Waals surface area contributed by atoms with Crippen LogP contribution in [0.1, 0.15) is 0 Å². The fourth-order valence-corrected chi connectivity index (χ4v) is 2.14. The molecule has 0 atom stereocenters. The van der Waals surface area contributed by atoms with Crippen molar-refractivity contribution in [2.45, 2.75) is 0 Å². The topological polar surface area (TPSA) is 13.1 Å². The van der Waals surface area contributed by atoms with Crippen molar-refractivity contribution in [3.05, 3.63) is 66.7 Å². The van der Waals surface area contributed by atoms with E-state index in [9.17, 15) is 4.39 Å². The molecule has 0 unspecified atom stereocenters. The molecule has 1 aromatic heterocycles. The third kappa shape index (κ3) is 2.15. The van der Waals surface area contributed by atoms with Gasteiger partial charge < -0.3 is 4.74 Å². The molecular formula is C16H13FNO+. The van der Waals surface area contributed by atoms with Crippen molar-refractivity contribution in [1.29, 1.82) is 0 Å². The first-order valence-electron chi connectivity index (χ1n) is 6.02. The van der Waals surface area contributed by atoms with Crippen LogP contribution in [-0.2, 0) is 0 Å². The molecule has 0 aliphatic rings. The number of fused-ring (bicyclic) bond motifs is 1. The monoisotopic (exact) mass is 254 g/mol. The minimum Gasteiger partial charge on any atom is -0.496 e. The van der Waals surface area contributed by atoms with Crippen molar-refractivity contribution < 1.29 is 13.7 Å². The van der Waals surface area contributed by atoms with E-state index in [-0.39, 0.29) is 5.82 Å². The lowest BCUT2D eigenvalue weighted by Gasteiger charge is -2.04. The van der Waals surface area contributed by atoms with Crippen LogP contribution in [0.4, 0.5) is 4.39 Å². The predicted molar refractivity (Wildman–Crippen MR) is 72.0 cm³/mol. The molecule has 3 aromatic rings. The number of aromatic nitrogens is 1. The molecule has 0 bridgehead atoms. The summed E-state index contributed by atoms with van der Waals surface area (Å²) in [6.07, 6.45) is 3.94. The van der Waals surface area contributed by atoms with E-state index in [4.69, 9.17) is 4.74 Å². The first-order chi connectivity index (χ1) is 9.28. The zero-order chi connectivity index (χ0) is 13.2. The maximum absolute atomic E-state index is 12.9. The summed E-state index contributed by atoms with van der Waals surface area (Å²) < 4.78 is 20.3. The molecule has 0 fully saturated rings. The number of rotatable bonds is 2. The zero-order valence-corrected chi connectivity index (χ0v) is 10.5. The first kappa shape index (κ1) is 11.7. The summed E-state index contributed by atoms with van der Waals surface area (Å²) in [5.74, 6) is 0.594. The molecule has 2 nitrogen and oxygen atoms in total. The fraction of sp³-hybridized carbons (Fsp3) is 0.0625. The van der Waals surface area contributed by atoms with Gasteiger partial charge in [-0.05, 0) is 23.6 Å². The lowest BCUT2D eigenvalue weighted by atomic mass is 10.1. The van der Waals surface area contributed by atoms with Crippen LogP contribution in [-0.4, -0.2) is 7.11 Å². The summed E-state index contributed by atoms with van der Waals surface area (Å²) >= 11 is 0. The Morgan fingerprint density at radius 2 is 1.79 bits per heavy atom. The Bertz CT molecular complexity index is 722. The maximum Gasteiger partial charge on any atom is 0.210 e. The van der Waals surface area contributed by atoms with Gasteiger partial charge in [-0.2, -0.15) is 4.57 Å². The van der Waals surface area contributed by atoms with Gasteiger partial charge in [0.1, 0.15) is 11.6 Å². The van der Waals surface area contributed by atoms with E-state index < -0.39 is 0 Å². The molecule has 1 heterocycles. The van der Waals surface area contributed by atoms with Gasteiger partial charge in [-0.15, -0.1) is 0 Å². The molecule has 3 rings (SSSR count). The first-order valence-corrected chi connectivity index (χ1v) is 6.02. The van der Waals surface area contributed by atoms with Crippen LogP contribution in [0.5, 0.6) is 5.75 Å². The van der Waals surface area contributed by atoms with Gasteiger partial charge in [-0.25, -0.2) is 4.39 Å². The third-order valence-corrected chi connectivity index (χ3v) is 3.13. The van der Waals surface area contributed by atoms with Gasteiger partial charge in [0.15, 0.2) is 12.4 Å². The molecule has 0 amide bonds. The molecule has 3 heteroatoms. The van der Waals surface area contributed by atoms with Crippen molar-refractivity contribution in [1.82, 2.24) is 0 Å². The maximum atomic E-state index is 12.9. The lowest BCUT2D eigenvalue weighted by molar-refractivity contribution is -0.594. The molecule has 0 aliphatic carbocycles. The highest BCUT2D eigenvalue weighted by Gasteiger charge is 2.10. The average Bonchev–Trinajstić information content (AvgIpc) is 2.47. The molecule has 19 heavy (non-hydrogen) atoms. The normalized spacial score (nSPS) is 10.6. The molecule has 94 valence electrons. The average molecular weight is 254 g/mol. The smallest absolute Gasteiger partial charge is 0.210 e. The zero-order valence-electron chi connectivity index (χ0n) is 10.5. The summed E-state index contributed by atoms with van der Waals surface area (Å²) in [6, 6.07) is 14.3. The third-order valence-electron chi connectivity index (χ3n) is 3.13. The molecule has 0 N–H and O–H groups in total. The SMILES string of the molecule is COc1cccc2cc[n+](-c3ccc(F)cc3)cc12. The van der Waals surface area contributed by atoms with Crippen molar-refractivity contribution >= 4 is 10.8 Å². The van der Waals surface area contributed by atoms with E-state index in [2.05, 4.69) is 0 Å². The van der Waals surface area contributed by atoms with Crippen LogP contribution in [0.15, 0.2) is 60.9 Å². The number of halogens is 1. The summed E-state index contributed by atoms with van der Waals surface area (Å²) in [7, 11) is 1.66. The molecule has 0 spiro atoms. The fourth-order valence-electron chi connectivity index (χ4n) is 2.14. The van der Waals surface area contributed by atoms with E-state index in [0.29, 0.717) is 0 Å². The largest absolute Gasteiger partial charge is 0.496 e. The molecule has 2 aromatic carbocycles. The van der Waals surface area contributed by atoms with Crippen molar-refractivity contribution in [3.63, 3.8) is 0 Å². The van der Waals surface area contributed by atoms with Gasteiger partial charge in [0.05, 0.1) is 12.5 Å². The van der Waals surface area contributed by atoms with Crippen LogP contribution < -0.4 is 9.30 Å². The molecule has 0 radical (unpaired) electrons. The van der Waals surface area contributed by atoms with E-state index in [1.54, 1.807) is 19.2 Å². The predicted octanol–water partition coefficient (Wildman–Crippen LogP) is 3.26. The standard InChI is InChI=1S/C16H13FNO/c1-19-16-4-2-3-12-9-10-18(11-15(12)16)14-7-5-13(17)6-8-14/h2-11H,1H3/q+1. The number of ether oxygens (including phenoxy) is 1. The summed E-state index contributed by atoms with van der Waals surface area (Å²) in [5.41, 5.74) is 0.911. The Morgan fingerprint density at radius 3 is 2.53 bits per heavy atom. The Morgan fingerprint density at radius 1 is 1.00 bits per heavy atom. The van der Waals surface area contributed by atoms with Crippen molar-refractivity contribution in [2.75, 3.05) is 7.11 Å². The number of pyridine rings is 1. The van der Waals surface area contributed by atoms with Gasteiger partial charge in [0.2, 0.25) is 5.69 Å². The van der Waals surface area contributed by atoms with Crippen LogP contribution in [0, 0.1) is 5.82 Å². The van der Waals surface area contributed by atoms with E-state index >= 15 is 0 Å². The highest BCUT2D eigenvalue weighted by molar-refractivity contribution is 5.86. The number of hydrogen-bond acceptors (Lipinski definition) is 1. The highest BCUT2D eigenvalue weighted by Crippen LogP contribution is 2.23. The van der Waals surface area contributed by atoms with Crippen LogP contribution in [0.3, 0.4) is 0 Å². The van der Waals surface area contributed by atoms with Gasteiger partial charge in [-0.1, -0.05) is 12.1 Å². The molecule has 0 saturated heterocycles. The van der Waals surface area contributed by atoms with Gasteiger partial charge in [0, 0.05) is 18.2 Å². The van der Waals surface area contributed by atoms with Crippen molar-refractivity contribution in [2.24, 2.45) is 0 Å². The molecule has 0 aliphatic heterocycles. The second-order valence-corrected chi connectivity index (χ2v) is 4.29. The highest BCUT2D eigenvalue weighted by atomic mass is 19.1. The van der Waals surface area contributed by atoms with Crippen LogP contribution in [0.2, 0.25) is 0 Å². The Hall–Kier alpha value is -2.42. The van der Waals surface area contributed by atoms with Gasteiger partial charge >= 0.3 is 0 Å². The second kappa shape index (κ2) is 4.69. The summed E-state index contributed by atoms with van der Waals surface area (Å²) in [5, 5.41) is 2.13. The van der Waals surface area contributed by atoms with E-state index in [1.807, 2.05) is 41.2 Å². The number of hydrogen-bond donors (Lipinski definition) is 0. The number of methoxy groups -OCH3 is 1. The summed E-state index contributed by atoms with van der Waals surface area (Å²) in [4.78, 5) is 0. The van der Waals surface area contributed by atoms with E-state index in [1.165, 1.54) is 12.1 Å². The number of benzene rings is 2. The summed E-state index contributed by atoms with van der Waals surface area (Å²) in [6.45, 7) is 0. The molecular weight excluding hydrogens is 241 g/mol. The van der Waals surface area contributed by atoms with Gasteiger partial charge in [0.25, 0.3) is 0 Å². The van der Waals surface area contributed by atoms with Crippen LogP contribution in [0.25, 0.3) is 16.5 Å². The minimum atomic E-state index is -0.234. The Kier molecular flexibility index (Phi) is 2.88. The Balaban J connectivity index is 2.18. The number of nitrogens with zero attached hydrogens (tertiary/aromatic N) is 1. The lowest BCUT2D eigenvalue weighted by Crippen LogP contribution is -2.29. The quantitative estimate of drug-likeness (QED) is 0.640.